The molecule has 1 aromatic heterocycles. The van der Waals surface area contributed by atoms with Gasteiger partial charge in [-0.1, -0.05) is 12.1 Å². The Kier molecular flexibility index (Phi) is 6.81. The fraction of sp³-hybridized carbons (Fsp3) is 0.182. The molecule has 0 saturated heterocycles. The van der Waals surface area contributed by atoms with Crippen molar-refractivity contribution in [3.05, 3.63) is 48.3 Å². The fourth-order valence-electron chi connectivity index (χ4n) is 1.39. The molecule has 0 bridgehead atoms. The van der Waals surface area contributed by atoms with Crippen molar-refractivity contribution in [2.75, 3.05) is 7.05 Å². The lowest BCUT2D eigenvalue weighted by Gasteiger charge is -2.03. The van der Waals surface area contributed by atoms with Gasteiger partial charge in [-0.25, -0.2) is 4.68 Å². The van der Waals surface area contributed by atoms with Gasteiger partial charge >= 0.3 is 0 Å². The quantitative estimate of drug-likeness (QED) is 0.918. The second-order valence-electron chi connectivity index (χ2n) is 3.15. The topological polar surface area (TPSA) is 29.9 Å². The van der Waals surface area contributed by atoms with Gasteiger partial charge in [-0.15, -0.1) is 24.8 Å². The SMILES string of the molecule is CNCc1ccc(-n2cccn2)cc1.Cl.Cl. The maximum absolute atomic E-state index is 4.16. The average Bonchev–Trinajstić information content (AvgIpc) is 2.72. The highest BCUT2D eigenvalue weighted by atomic mass is 35.5. The molecule has 2 rings (SSSR count). The molecule has 0 unspecified atom stereocenters. The first-order valence-electron chi connectivity index (χ1n) is 4.64. The second-order valence-corrected chi connectivity index (χ2v) is 3.15. The Morgan fingerprint density at radius 1 is 1.19 bits per heavy atom. The van der Waals surface area contributed by atoms with Crippen LogP contribution in [0.1, 0.15) is 5.56 Å². The van der Waals surface area contributed by atoms with Crippen molar-refractivity contribution in [1.29, 1.82) is 0 Å². The van der Waals surface area contributed by atoms with E-state index in [-0.39, 0.29) is 24.8 Å². The largest absolute Gasteiger partial charge is 0.316 e. The van der Waals surface area contributed by atoms with Crippen LogP contribution in [-0.2, 0) is 6.54 Å². The third-order valence-electron chi connectivity index (χ3n) is 2.09. The van der Waals surface area contributed by atoms with Crippen LogP contribution in [0.25, 0.3) is 5.69 Å². The highest BCUT2D eigenvalue weighted by molar-refractivity contribution is 5.85. The predicted octanol–water partition coefficient (Wildman–Crippen LogP) is 2.44. The van der Waals surface area contributed by atoms with Gasteiger partial charge in [0.25, 0.3) is 0 Å². The smallest absolute Gasteiger partial charge is 0.0645 e. The summed E-state index contributed by atoms with van der Waals surface area (Å²) in [6.45, 7) is 0.902. The zero-order valence-electron chi connectivity index (χ0n) is 8.96. The van der Waals surface area contributed by atoms with Crippen LogP contribution >= 0.6 is 24.8 Å². The van der Waals surface area contributed by atoms with Crippen molar-refractivity contribution >= 4 is 24.8 Å². The van der Waals surface area contributed by atoms with Gasteiger partial charge in [-0.2, -0.15) is 5.10 Å². The van der Waals surface area contributed by atoms with Gasteiger partial charge in [0.05, 0.1) is 5.69 Å². The summed E-state index contributed by atoms with van der Waals surface area (Å²) in [5.41, 5.74) is 2.37. The molecule has 0 aliphatic heterocycles. The van der Waals surface area contributed by atoms with Gasteiger partial charge in [-0.05, 0) is 30.8 Å². The summed E-state index contributed by atoms with van der Waals surface area (Å²) in [6, 6.07) is 10.3. The van der Waals surface area contributed by atoms with Crippen molar-refractivity contribution < 1.29 is 0 Å². The summed E-state index contributed by atoms with van der Waals surface area (Å²) in [5, 5.41) is 7.28. The van der Waals surface area contributed by atoms with Gasteiger partial charge in [0.2, 0.25) is 0 Å². The molecule has 88 valence electrons. The lowest BCUT2D eigenvalue weighted by atomic mass is 10.2. The molecular weight excluding hydrogens is 245 g/mol. The van der Waals surface area contributed by atoms with Crippen molar-refractivity contribution in [1.82, 2.24) is 15.1 Å². The van der Waals surface area contributed by atoms with Crippen LogP contribution in [0.3, 0.4) is 0 Å². The third-order valence-corrected chi connectivity index (χ3v) is 2.09. The van der Waals surface area contributed by atoms with Gasteiger partial charge in [-0.3, -0.25) is 0 Å². The van der Waals surface area contributed by atoms with Crippen LogP contribution in [0.15, 0.2) is 42.7 Å². The first-order chi connectivity index (χ1) is 6.90. The molecule has 0 aliphatic rings. The van der Waals surface area contributed by atoms with E-state index in [1.54, 1.807) is 6.20 Å². The van der Waals surface area contributed by atoms with Crippen LogP contribution in [0.4, 0.5) is 0 Å². The first kappa shape index (κ1) is 15.0. The number of nitrogens with one attached hydrogen (secondary N) is 1. The van der Waals surface area contributed by atoms with Gasteiger partial charge in [0, 0.05) is 18.9 Å². The summed E-state index contributed by atoms with van der Waals surface area (Å²) >= 11 is 0. The maximum Gasteiger partial charge on any atom is 0.0645 e. The first-order valence-corrected chi connectivity index (χ1v) is 4.64. The highest BCUT2D eigenvalue weighted by Gasteiger charge is 1.95. The van der Waals surface area contributed by atoms with E-state index in [2.05, 4.69) is 34.7 Å². The van der Waals surface area contributed by atoms with Gasteiger partial charge < -0.3 is 5.32 Å². The molecule has 5 heteroatoms. The van der Waals surface area contributed by atoms with E-state index in [1.165, 1.54) is 5.56 Å². The molecule has 1 N–H and O–H groups in total. The van der Waals surface area contributed by atoms with Crippen LogP contribution in [-0.4, -0.2) is 16.8 Å². The Hall–Kier alpha value is -1.03. The monoisotopic (exact) mass is 259 g/mol. The van der Waals surface area contributed by atoms with Crippen LogP contribution in [0.5, 0.6) is 0 Å². The Bertz CT molecular complexity index is 384. The summed E-state index contributed by atoms with van der Waals surface area (Å²) < 4.78 is 1.85. The van der Waals surface area contributed by atoms with Crippen LogP contribution in [0.2, 0.25) is 0 Å². The molecule has 0 radical (unpaired) electrons. The molecule has 1 aromatic carbocycles. The van der Waals surface area contributed by atoms with Gasteiger partial charge in [0.15, 0.2) is 0 Å². The van der Waals surface area contributed by atoms with E-state index in [0.717, 1.165) is 12.2 Å². The Balaban J connectivity index is 0.00000112. The fourth-order valence-corrected chi connectivity index (χ4v) is 1.39. The molecule has 1 heterocycles. The van der Waals surface area contributed by atoms with E-state index in [0.29, 0.717) is 0 Å². The summed E-state index contributed by atoms with van der Waals surface area (Å²) in [5.74, 6) is 0. The number of halogens is 2. The number of hydrogen-bond acceptors (Lipinski definition) is 2. The maximum atomic E-state index is 4.16. The van der Waals surface area contributed by atoms with E-state index >= 15 is 0 Å². The Morgan fingerprint density at radius 3 is 2.38 bits per heavy atom. The summed E-state index contributed by atoms with van der Waals surface area (Å²) in [6.07, 6.45) is 3.72. The number of benzene rings is 1. The van der Waals surface area contributed by atoms with E-state index in [4.69, 9.17) is 0 Å². The standard InChI is InChI=1S/C11H13N3.2ClH/c1-12-9-10-3-5-11(6-4-10)14-8-2-7-13-14;;/h2-8,12H,9H2,1H3;2*1H. The van der Waals surface area contributed by atoms with E-state index in [1.807, 2.05) is 24.0 Å². The van der Waals surface area contributed by atoms with E-state index in [9.17, 15) is 0 Å². The number of aromatic nitrogens is 2. The minimum atomic E-state index is 0. The number of rotatable bonds is 3. The van der Waals surface area contributed by atoms with Crippen LogP contribution < -0.4 is 5.32 Å². The molecule has 0 amide bonds. The molecule has 0 fully saturated rings. The molecule has 2 aromatic rings. The molecule has 0 spiro atoms. The molecule has 16 heavy (non-hydrogen) atoms. The minimum Gasteiger partial charge on any atom is -0.316 e. The Labute approximate surface area is 108 Å². The zero-order valence-corrected chi connectivity index (χ0v) is 10.6. The molecule has 0 atom stereocenters. The van der Waals surface area contributed by atoms with Crippen molar-refractivity contribution in [3.63, 3.8) is 0 Å². The molecule has 3 nitrogen and oxygen atoms in total. The lowest BCUT2D eigenvalue weighted by Crippen LogP contribution is -2.05. The second kappa shape index (κ2) is 7.28. The summed E-state index contributed by atoms with van der Waals surface area (Å²) in [4.78, 5) is 0. The van der Waals surface area contributed by atoms with E-state index < -0.39 is 0 Å². The number of nitrogens with zero attached hydrogens (tertiary/aromatic N) is 2. The van der Waals surface area contributed by atoms with Crippen molar-refractivity contribution in [3.8, 4) is 5.69 Å². The van der Waals surface area contributed by atoms with Crippen molar-refractivity contribution in [2.45, 2.75) is 6.54 Å². The normalized spacial score (nSPS) is 9.06. The summed E-state index contributed by atoms with van der Waals surface area (Å²) in [7, 11) is 1.95. The lowest BCUT2D eigenvalue weighted by molar-refractivity contribution is 0.815. The molecule has 0 aliphatic carbocycles. The molecular formula is C11H15Cl2N3. The average molecular weight is 260 g/mol. The van der Waals surface area contributed by atoms with Gasteiger partial charge in [0.1, 0.15) is 0 Å². The minimum absolute atomic E-state index is 0. The van der Waals surface area contributed by atoms with Crippen LogP contribution in [0, 0.1) is 0 Å². The predicted molar refractivity (Wildman–Crippen MR) is 70.8 cm³/mol. The van der Waals surface area contributed by atoms with Crippen molar-refractivity contribution in [2.24, 2.45) is 0 Å². The zero-order chi connectivity index (χ0) is 9.80. The third kappa shape index (κ3) is 3.52. The Morgan fingerprint density at radius 2 is 1.88 bits per heavy atom. The number of hydrogen-bond donors (Lipinski definition) is 1. The molecule has 0 saturated carbocycles. The highest BCUT2D eigenvalue weighted by Crippen LogP contribution is 2.07.